The molecule has 5 nitrogen and oxygen atoms in total. The molecule has 1 unspecified atom stereocenters. The third-order valence-corrected chi connectivity index (χ3v) is 6.35. The average Bonchev–Trinajstić information content (AvgIpc) is 2.71. The molecule has 108 valence electrons. The van der Waals surface area contributed by atoms with Gasteiger partial charge in [-0.1, -0.05) is 6.92 Å². The minimum atomic E-state index is -2.83. The lowest BCUT2D eigenvalue weighted by Crippen LogP contribution is -2.40. The molecule has 0 aliphatic carbocycles. The van der Waals surface area contributed by atoms with Gasteiger partial charge in [0.05, 0.1) is 17.2 Å². The lowest BCUT2D eigenvalue weighted by atomic mass is 10.2. The standard InChI is InChI=1S/C12H21N3O2S2/c1-4-13-9(2)11-10(3)14-12(18-11)15-5-7-19(16,17)8-6-15/h9,13H,4-8H2,1-3H3. The quantitative estimate of drug-likeness (QED) is 0.910. The Hall–Kier alpha value is -0.660. The van der Waals surface area contributed by atoms with E-state index in [1.807, 2.05) is 6.92 Å². The van der Waals surface area contributed by atoms with Crippen molar-refractivity contribution in [3.8, 4) is 0 Å². The number of anilines is 1. The summed E-state index contributed by atoms with van der Waals surface area (Å²) in [5, 5.41) is 4.34. The van der Waals surface area contributed by atoms with Crippen LogP contribution in [0.5, 0.6) is 0 Å². The molecule has 0 saturated carbocycles. The van der Waals surface area contributed by atoms with Crippen LogP contribution in [0.3, 0.4) is 0 Å². The first-order valence-electron chi connectivity index (χ1n) is 6.59. The van der Waals surface area contributed by atoms with Crippen LogP contribution in [0.2, 0.25) is 0 Å². The molecule has 1 fully saturated rings. The molecule has 1 aliphatic rings. The van der Waals surface area contributed by atoms with E-state index < -0.39 is 9.84 Å². The summed E-state index contributed by atoms with van der Waals surface area (Å²) in [4.78, 5) is 7.92. The van der Waals surface area contributed by atoms with Crippen LogP contribution in [0.25, 0.3) is 0 Å². The Balaban J connectivity index is 2.12. The van der Waals surface area contributed by atoms with Gasteiger partial charge < -0.3 is 10.2 Å². The zero-order chi connectivity index (χ0) is 14.0. The molecule has 0 aromatic carbocycles. The Morgan fingerprint density at radius 3 is 2.63 bits per heavy atom. The molecule has 1 aliphatic heterocycles. The summed E-state index contributed by atoms with van der Waals surface area (Å²) in [5.74, 6) is 0.480. The monoisotopic (exact) mass is 303 g/mol. The highest BCUT2D eigenvalue weighted by Crippen LogP contribution is 2.31. The third kappa shape index (κ3) is 3.46. The van der Waals surface area contributed by atoms with E-state index in [-0.39, 0.29) is 11.5 Å². The fourth-order valence-corrected chi connectivity index (χ4v) is 4.58. The molecule has 19 heavy (non-hydrogen) atoms. The van der Waals surface area contributed by atoms with Crippen LogP contribution in [0, 0.1) is 6.92 Å². The smallest absolute Gasteiger partial charge is 0.185 e. The minimum absolute atomic E-state index is 0.240. The van der Waals surface area contributed by atoms with Crippen molar-refractivity contribution in [1.82, 2.24) is 10.3 Å². The van der Waals surface area contributed by atoms with E-state index in [4.69, 9.17) is 0 Å². The van der Waals surface area contributed by atoms with Gasteiger partial charge in [0.1, 0.15) is 0 Å². The Bertz CT molecular complexity index is 525. The highest BCUT2D eigenvalue weighted by molar-refractivity contribution is 7.91. The Morgan fingerprint density at radius 2 is 2.05 bits per heavy atom. The summed E-state index contributed by atoms with van der Waals surface area (Å²) in [7, 11) is -2.83. The van der Waals surface area contributed by atoms with E-state index >= 15 is 0 Å². The molecule has 2 rings (SSSR count). The second-order valence-electron chi connectivity index (χ2n) is 4.86. The van der Waals surface area contributed by atoms with E-state index in [9.17, 15) is 8.42 Å². The molecule has 0 bridgehead atoms. The topological polar surface area (TPSA) is 62.3 Å². The fraction of sp³-hybridized carbons (Fsp3) is 0.750. The number of nitrogens with zero attached hydrogens (tertiary/aromatic N) is 2. The average molecular weight is 303 g/mol. The number of aromatic nitrogens is 1. The van der Waals surface area contributed by atoms with Gasteiger partial charge >= 0.3 is 0 Å². The van der Waals surface area contributed by atoms with Crippen molar-refractivity contribution >= 4 is 26.3 Å². The number of hydrogen-bond acceptors (Lipinski definition) is 6. The third-order valence-electron chi connectivity index (χ3n) is 3.34. The number of aryl methyl sites for hydroxylation is 1. The number of rotatable bonds is 4. The summed E-state index contributed by atoms with van der Waals surface area (Å²) < 4.78 is 22.9. The van der Waals surface area contributed by atoms with E-state index in [0.29, 0.717) is 19.1 Å². The van der Waals surface area contributed by atoms with Crippen LogP contribution in [0.4, 0.5) is 5.13 Å². The van der Waals surface area contributed by atoms with Crippen LogP contribution >= 0.6 is 11.3 Å². The van der Waals surface area contributed by atoms with Gasteiger partial charge in [-0.25, -0.2) is 13.4 Å². The molecular formula is C12H21N3O2S2. The molecule has 0 amide bonds. The zero-order valence-corrected chi connectivity index (χ0v) is 13.3. The van der Waals surface area contributed by atoms with E-state index in [0.717, 1.165) is 17.4 Å². The van der Waals surface area contributed by atoms with E-state index in [2.05, 4.69) is 29.0 Å². The van der Waals surface area contributed by atoms with Crippen molar-refractivity contribution in [2.45, 2.75) is 26.8 Å². The summed E-state index contributed by atoms with van der Waals surface area (Å²) in [6.07, 6.45) is 0. The molecule has 7 heteroatoms. The fourth-order valence-electron chi connectivity index (χ4n) is 2.23. The molecule has 1 saturated heterocycles. The van der Waals surface area contributed by atoms with Crippen LogP contribution in [-0.2, 0) is 9.84 Å². The largest absolute Gasteiger partial charge is 0.346 e. The van der Waals surface area contributed by atoms with Crippen LogP contribution in [0.1, 0.15) is 30.5 Å². The molecule has 2 heterocycles. The maximum Gasteiger partial charge on any atom is 0.185 e. The van der Waals surface area contributed by atoms with Crippen molar-refractivity contribution in [1.29, 1.82) is 0 Å². The van der Waals surface area contributed by atoms with Crippen molar-refractivity contribution in [3.63, 3.8) is 0 Å². The maximum absolute atomic E-state index is 11.4. The number of nitrogens with one attached hydrogen (secondary N) is 1. The Kier molecular flexibility index (Phi) is 4.47. The lowest BCUT2D eigenvalue weighted by molar-refractivity contribution is 0.586. The Labute approximate surface area is 119 Å². The van der Waals surface area contributed by atoms with Crippen molar-refractivity contribution in [2.24, 2.45) is 0 Å². The van der Waals surface area contributed by atoms with Crippen LogP contribution in [-0.4, -0.2) is 44.5 Å². The molecule has 1 atom stereocenters. The maximum atomic E-state index is 11.4. The summed E-state index contributed by atoms with van der Waals surface area (Å²) in [6.45, 7) is 8.28. The highest BCUT2D eigenvalue weighted by Gasteiger charge is 2.25. The van der Waals surface area contributed by atoms with Crippen molar-refractivity contribution < 1.29 is 8.42 Å². The van der Waals surface area contributed by atoms with Gasteiger partial charge in [-0.2, -0.15) is 0 Å². The summed E-state index contributed by atoms with van der Waals surface area (Å²) >= 11 is 1.67. The second-order valence-corrected chi connectivity index (χ2v) is 8.18. The van der Waals surface area contributed by atoms with Gasteiger partial charge in [0.2, 0.25) is 0 Å². The van der Waals surface area contributed by atoms with Gasteiger partial charge in [0.15, 0.2) is 15.0 Å². The van der Waals surface area contributed by atoms with Crippen molar-refractivity contribution in [2.75, 3.05) is 36.0 Å². The number of sulfone groups is 1. The highest BCUT2D eigenvalue weighted by atomic mass is 32.2. The normalized spacial score (nSPS) is 20.5. The van der Waals surface area contributed by atoms with Gasteiger partial charge in [0.25, 0.3) is 0 Å². The predicted molar refractivity (Wildman–Crippen MR) is 79.8 cm³/mol. The molecular weight excluding hydrogens is 282 g/mol. The first kappa shape index (κ1) is 14.7. The SMILES string of the molecule is CCNC(C)c1sc(N2CCS(=O)(=O)CC2)nc1C. The van der Waals surface area contributed by atoms with E-state index in [1.54, 1.807) is 11.3 Å². The van der Waals surface area contributed by atoms with Crippen LogP contribution in [0.15, 0.2) is 0 Å². The number of thiazole rings is 1. The molecule has 1 aromatic rings. The van der Waals surface area contributed by atoms with E-state index in [1.165, 1.54) is 4.88 Å². The lowest BCUT2D eigenvalue weighted by Gasteiger charge is -2.26. The van der Waals surface area contributed by atoms with Gasteiger partial charge in [-0.15, -0.1) is 11.3 Å². The first-order valence-corrected chi connectivity index (χ1v) is 9.23. The first-order chi connectivity index (χ1) is 8.93. The molecule has 1 aromatic heterocycles. The van der Waals surface area contributed by atoms with Gasteiger partial charge in [0, 0.05) is 24.0 Å². The number of hydrogen-bond donors (Lipinski definition) is 1. The minimum Gasteiger partial charge on any atom is -0.346 e. The second kappa shape index (κ2) is 5.76. The zero-order valence-electron chi connectivity index (χ0n) is 11.6. The van der Waals surface area contributed by atoms with Gasteiger partial charge in [-0.3, -0.25) is 0 Å². The van der Waals surface area contributed by atoms with Crippen molar-refractivity contribution in [3.05, 3.63) is 10.6 Å². The molecule has 0 spiro atoms. The summed E-state index contributed by atoms with van der Waals surface area (Å²) in [6, 6.07) is 0.296. The molecule has 1 N–H and O–H groups in total. The molecule has 0 radical (unpaired) electrons. The van der Waals surface area contributed by atoms with Crippen LogP contribution < -0.4 is 10.2 Å². The van der Waals surface area contributed by atoms with Gasteiger partial charge in [-0.05, 0) is 20.4 Å². The Morgan fingerprint density at radius 1 is 1.42 bits per heavy atom. The predicted octanol–water partition coefficient (Wildman–Crippen LogP) is 1.36. The summed E-state index contributed by atoms with van der Waals surface area (Å²) in [5.41, 5.74) is 1.04.